The fourth-order valence-electron chi connectivity index (χ4n) is 2.14. The van der Waals surface area contributed by atoms with E-state index >= 15 is 0 Å². The number of hydrogen-bond donors (Lipinski definition) is 1. The SMILES string of the molecule is CCCC(C)(CN)Cc1cccc(OC)c1. The summed E-state index contributed by atoms with van der Waals surface area (Å²) in [5.41, 5.74) is 7.40. The van der Waals surface area contributed by atoms with E-state index in [0.29, 0.717) is 0 Å². The Kier molecular flexibility index (Phi) is 4.81. The average molecular weight is 221 g/mol. The number of benzene rings is 1. The molecule has 0 aliphatic heterocycles. The van der Waals surface area contributed by atoms with Gasteiger partial charge in [-0.15, -0.1) is 0 Å². The molecule has 0 saturated heterocycles. The summed E-state index contributed by atoms with van der Waals surface area (Å²) in [6, 6.07) is 8.26. The number of nitrogens with two attached hydrogens (primary N) is 1. The summed E-state index contributed by atoms with van der Waals surface area (Å²) < 4.78 is 5.23. The fraction of sp³-hybridized carbons (Fsp3) is 0.571. The van der Waals surface area contributed by atoms with Crippen LogP contribution >= 0.6 is 0 Å². The van der Waals surface area contributed by atoms with Crippen LogP contribution in [0.3, 0.4) is 0 Å². The number of ether oxygens (including phenoxy) is 1. The zero-order valence-corrected chi connectivity index (χ0v) is 10.6. The Morgan fingerprint density at radius 1 is 1.38 bits per heavy atom. The summed E-state index contributed by atoms with van der Waals surface area (Å²) in [6.07, 6.45) is 3.37. The lowest BCUT2D eigenvalue weighted by Crippen LogP contribution is -2.29. The van der Waals surface area contributed by atoms with E-state index in [9.17, 15) is 0 Å². The highest BCUT2D eigenvalue weighted by Crippen LogP contribution is 2.28. The topological polar surface area (TPSA) is 35.2 Å². The normalized spacial score (nSPS) is 14.5. The van der Waals surface area contributed by atoms with E-state index in [0.717, 1.165) is 18.7 Å². The molecule has 0 aliphatic carbocycles. The highest BCUT2D eigenvalue weighted by atomic mass is 16.5. The van der Waals surface area contributed by atoms with Gasteiger partial charge in [-0.3, -0.25) is 0 Å². The van der Waals surface area contributed by atoms with E-state index in [4.69, 9.17) is 10.5 Å². The van der Waals surface area contributed by atoms with E-state index < -0.39 is 0 Å². The number of methoxy groups -OCH3 is 1. The molecule has 90 valence electrons. The van der Waals surface area contributed by atoms with Gasteiger partial charge in [0, 0.05) is 0 Å². The molecule has 0 bridgehead atoms. The van der Waals surface area contributed by atoms with Gasteiger partial charge < -0.3 is 10.5 Å². The fourth-order valence-corrected chi connectivity index (χ4v) is 2.14. The summed E-state index contributed by atoms with van der Waals surface area (Å²) in [7, 11) is 1.70. The molecule has 1 atom stereocenters. The second-order valence-corrected chi connectivity index (χ2v) is 4.79. The summed E-state index contributed by atoms with van der Waals surface area (Å²) in [5.74, 6) is 0.924. The van der Waals surface area contributed by atoms with Gasteiger partial charge >= 0.3 is 0 Å². The van der Waals surface area contributed by atoms with Gasteiger partial charge in [-0.05, 0) is 42.5 Å². The van der Waals surface area contributed by atoms with Gasteiger partial charge in [0.2, 0.25) is 0 Å². The lowest BCUT2D eigenvalue weighted by atomic mass is 9.80. The molecule has 0 aromatic heterocycles. The van der Waals surface area contributed by atoms with Crippen LogP contribution in [-0.2, 0) is 6.42 Å². The first kappa shape index (κ1) is 13.0. The van der Waals surface area contributed by atoms with Crippen LogP contribution < -0.4 is 10.5 Å². The standard InChI is InChI=1S/C14H23NO/c1-4-8-14(2,11-15)10-12-6-5-7-13(9-12)16-3/h5-7,9H,4,8,10-11,15H2,1-3H3. The van der Waals surface area contributed by atoms with E-state index in [-0.39, 0.29) is 5.41 Å². The van der Waals surface area contributed by atoms with Crippen molar-refractivity contribution in [2.24, 2.45) is 11.1 Å². The van der Waals surface area contributed by atoms with E-state index in [1.54, 1.807) is 7.11 Å². The third-order valence-electron chi connectivity index (χ3n) is 3.11. The van der Waals surface area contributed by atoms with Gasteiger partial charge in [-0.25, -0.2) is 0 Å². The summed E-state index contributed by atoms with van der Waals surface area (Å²) >= 11 is 0. The first-order valence-corrected chi connectivity index (χ1v) is 5.96. The molecule has 1 unspecified atom stereocenters. The van der Waals surface area contributed by atoms with Gasteiger partial charge in [0.1, 0.15) is 5.75 Å². The lowest BCUT2D eigenvalue weighted by Gasteiger charge is -2.27. The van der Waals surface area contributed by atoms with Crippen molar-refractivity contribution in [1.29, 1.82) is 0 Å². The molecule has 1 aromatic rings. The molecule has 0 radical (unpaired) electrons. The highest BCUT2D eigenvalue weighted by Gasteiger charge is 2.21. The van der Waals surface area contributed by atoms with Crippen LogP contribution in [0.25, 0.3) is 0 Å². The van der Waals surface area contributed by atoms with E-state index in [2.05, 4.69) is 26.0 Å². The predicted molar refractivity (Wildman–Crippen MR) is 68.8 cm³/mol. The van der Waals surface area contributed by atoms with Crippen molar-refractivity contribution in [3.63, 3.8) is 0 Å². The molecular formula is C14H23NO. The molecule has 0 aliphatic rings. The third kappa shape index (κ3) is 3.53. The van der Waals surface area contributed by atoms with Gasteiger partial charge in [0.15, 0.2) is 0 Å². The van der Waals surface area contributed by atoms with Gasteiger partial charge in [-0.2, -0.15) is 0 Å². The van der Waals surface area contributed by atoms with Crippen LogP contribution in [-0.4, -0.2) is 13.7 Å². The molecule has 2 nitrogen and oxygen atoms in total. The summed E-state index contributed by atoms with van der Waals surface area (Å²) in [5, 5.41) is 0. The molecule has 0 saturated carbocycles. The third-order valence-corrected chi connectivity index (χ3v) is 3.11. The van der Waals surface area contributed by atoms with Gasteiger partial charge in [0.05, 0.1) is 7.11 Å². The maximum absolute atomic E-state index is 5.88. The predicted octanol–water partition coefficient (Wildman–Crippen LogP) is 3.00. The molecule has 1 aromatic carbocycles. The first-order valence-electron chi connectivity index (χ1n) is 5.96. The maximum Gasteiger partial charge on any atom is 0.119 e. The Labute approximate surface area is 98.8 Å². The number of rotatable bonds is 6. The smallest absolute Gasteiger partial charge is 0.119 e. The average Bonchev–Trinajstić information content (AvgIpc) is 2.29. The van der Waals surface area contributed by atoms with Crippen LogP contribution in [0.15, 0.2) is 24.3 Å². The van der Waals surface area contributed by atoms with Crippen molar-refractivity contribution >= 4 is 0 Å². The van der Waals surface area contributed by atoms with Crippen LogP contribution in [0.2, 0.25) is 0 Å². The molecule has 16 heavy (non-hydrogen) atoms. The van der Waals surface area contributed by atoms with Crippen molar-refractivity contribution < 1.29 is 4.74 Å². The van der Waals surface area contributed by atoms with Crippen LogP contribution in [0.1, 0.15) is 32.3 Å². The molecule has 2 heteroatoms. The minimum atomic E-state index is 0.209. The molecular weight excluding hydrogens is 198 g/mol. The van der Waals surface area contributed by atoms with Crippen molar-refractivity contribution in [3.05, 3.63) is 29.8 Å². The Morgan fingerprint density at radius 3 is 2.69 bits per heavy atom. The molecule has 2 N–H and O–H groups in total. The summed E-state index contributed by atoms with van der Waals surface area (Å²) in [4.78, 5) is 0. The van der Waals surface area contributed by atoms with Crippen molar-refractivity contribution in [1.82, 2.24) is 0 Å². The number of hydrogen-bond acceptors (Lipinski definition) is 2. The Bertz CT molecular complexity index is 324. The zero-order valence-electron chi connectivity index (χ0n) is 10.6. The van der Waals surface area contributed by atoms with Crippen molar-refractivity contribution in [2.75, 3.05) is 13.7 Å². The van der Waals surface area contributed by atoms with Crippen LogP contribution in [0.4, 0.5) is 0 Å². The van der Waals surface area contributed by atoms with Crippen molar-refractivity contribution in [2.45, 2.75) is 33.1 Å². The van der Waals surface area contributed by atoms with E-state index in [1.807, 2.05) is 12.1 Å². The quantitative estimate of drug-likeness (QED) is 0.801. The van der Waals surface area contributed by atoms with Crippen LogP contribution in [0.5, 0.6) is 5.75 Å². The van der Waals surface area contributed by atoms with Gasteiger partial charge in [-0.1, -0.05) is 32.4 Å². The maximum atomic E-state index is 5.88. The summed E-state index contributed by atoms with van der Waals surface area (Å²) in [6.45, 7) is 5.20. The second kappa shape index (κ2) is 5.90. The second-order valence-electron chi connectivity index (χ2n) is 4.79. The van der Waals surface area contributed by atoms with Gasteiger partial charge in [0.25, 0.3) is 0 Å². The molecule has 0 heterocycles. The molecule has 0 amide bonds. The minimum Gasteiger partial charge on any atom is -0.497 e. The lowest BCUT2D eigenvalue weighted by molar-refractivity contribution is 0.302. The van der Waals surface area contributed by atoms with Crippen molar-refractivity contribution in [3.8, 4) is 5.75 Å². The highest BCUT2D eigenvalue weighted by molar-refractivity contribution is 5.29. The largest absolute Gasteiger partial charge is 0.497 e. The van der Waals surface area contributed by atoms with E-state index in [1.165, 1.54) is 18.4 Å². The first-order chi connectivity index (χ1) is 7.63. The Balaban J connectivity index is 2.77. The zero-order chi connectivity index (χ0) is 12.0. The molecule has 1 rings (SSSR count). The van der Waals surface area contributed by atoms with Crippen LogP contribution in [0, 0.1) is 5.41 Å². The molecule has 0 spiro atoms. The molecule has 0 fully saturated rings. The minimum absolute atomic E-state index is 0.209. The monoisotopic (exact) mass is 221 g/mol. The Hall–Kier alpha value is -1.02. The Morgan fingerprint density at radius 2 is 2.12 bits per heavy atom.